The minimum Gasteiger partial charge on any atom is -0.369 e. The minimum atomic E-state index is -0.194. The van der Waals surface area contributed by atoms with Gasteiger partial charge in [-0.2, -0.15) is 0 Å². The van der Waals surface area contributed by atoms with Gasteiger partial charge >= 0.3 is 0 Å². The van der Waals surface area contributed by atoms with Gasteiger partial charge in [0.25, 0.3) is 0 Å². The van der Waals surface area contributed by atoms with Crippen LogP contribution in [-0.2, 0) is 24.3 Å². The summed E-state index contributed by atoms with van der Waals surface area (Å²) in [5.74, 6) is 1.43. The molecule has 32 heavy (non-hydrogen) atoms. The first-order valence-electron chi connectivity index (χ1n) is 11.3. The van der Waals surface area contributed by atoms with Crippen LogP contribution in [-0.4, -0.2) is 45.4 Å². The van der Waals surface area contributed by atoms with E-state index in [4.69, 9.17) is 15.7 Å². The number of carbonyl (C=O) groups is 1. The van der Waals surface area contributed by atoms with Gasteiger partial charge in [-0.25, -0.2) is 9.97 Å². The average molecular weight is 429 g/mol. The van der Waals surface area contributed by atoms with Crippen molar-refractivity contribution < 1.29 is 4.79 Å². The zero-order valence-electron chi connectivity index (χ0n) is 18.2. The summed E-state index contributed by atoms with van der Waals surface area (Å²) in [5, 5.41) is 0. The van der Waals surface area contributed by atoms with Gasteiger partial charge < -0.3 is 10.6 Å². The second-order valence-corrected chi connectivity index (χ2v) is 8.62. The normalized spacial score (nSPS) is 17.2. The number of hydrogen-bond acceptors (Lipinski definition) is 6. The van der Waals surface area contributed by atoms with Crippen LogP contribution in [0.5, 0.6) is 0 Å². The van der Waals surface area contributed by atoms with E-state index in [-0.39, 0.29) is 11.8 Å². The van der Waals surface area contributed by atoms with Gasteiger partial charge in [0.15, 0.2) is 5.82 Å². The van der Waals surface area contributed by atoms with Crippen molar-refractivity contribution in [3.05, 3.63) is 71.5 Å². The minimum absolute atomic E-state index is 0.0412. The fourth-order valence-corrected chi connectivity index (χ4v) is 4.69. The summed E-state index contributed by atoms with van der Waals surface area (Å²) in [4.78, 5) is 30.8. The number of pyridine rings is 1. The molecule has 5 rings (SSSR count). The van der Waals surface area contributed by atoms with E-state index in [9.17, 15) is 4.79 Å². The molecule has 0 radical (unpaired) electrons. The van der Waals surface area contributed by atoms with Crippen molar-refractivity contribution in [1.82, 2.24) is 19.9 Å². The van der Waals surface area contributed by atoms with E-state index < -0.39 is 0 Å². The van der Waals surface area contributed by atoms with Crippen molar-refractivity contribution in [1.29, 1.82) is 0 Å². The van der Waals surface area contributed by atoms with Gasteiger partial charge in [0, 0.05) is 50.4 Å². The maximum absolute atomic E-state index is 11.6. The van der Waals surface area contributed by atoms with E-state index in [2.05, 4.69) is 45.1 Å². The molecule has 2 aliphatic heterocycles. The van der Waals surface area contributed by atoms with Crippen molar-refractivity contribution in [2.24, 2.45) is 11.7 Å². The molecule has 2 aromatic heterocycles. The Kier molecular flexibility index (Phi) is 5.81. The highest BCUT2D eigenvalue weighted by atomic mass is 16.1. The van der Waals surface area contributed by atoms with Crippen LogP contribution in [0.3, 0.4) is 0 Å². The number of anilines is 1. The summed E-state index contributed by atoms with van der Waals surface area (Å²) in [5.41, 5.74) is 9.94. The Hall–Kier alpha value is -3.32. The van der Waals surface area contributed by atoms with Crippen LogP contribution in [0.15, 0.2) is 54.7 Å². The van der Waals surface area contributed by atoms with Gasteiger partial charge in [-0.15, -0.1) is 0 Å². The molecule has 7 nitrogen and oxygen atoms in total. The first-order valence-corrected chi connectivity index (χ1v) is 11.3. The van der Waals surface area contributed by atoms with Crippen molar-refractivity contribution in [2.75, 3.05) is 24.5 Å². The summed E-state index contributed by atoms with van der Waals surface area (Å²) < 4.78 is 0. The molecule has 0 saturated carbocycles. The van der Waals surface area contributed by atoms with Crippen molar-refractivity contribution in [2.45, 2.75) is 32.4 Å². The third kappa shape index (κ3) is 4.34. The third-order valence-electron chi connectivity index (χ3n) is 6.46. The van der Waals surface area contributed by atoms with E-state index in [1.165, 1.54) is 11.1 Å². The van der Waals surface area contributed by atoms with Gasteiger partial charge in [-0.3, -0.25) is 14.7 Å². The molecule has 0 spiro atoms. The van der Waals surface area contributed by atoms with E-state index in [0.717, 1.165) is 69.2 Å². The van der Waals surface area contributed by atoms with E-state index in [1.807, 2.05) is 18.2 Å². The van der Waals surface area contributed by atoms with Crippen LogP contribution >= 0.6 is 0 Å². The highest BCUT2D eigenvalue weighted by molar-refractivity contribution is 5.77. The van der Waals surface area contributed by atoms with Gasteiger partial charge in [-0.05, 0) is 37.0 Å². The Morgan fingerprint density at radius 3 is 2.50 bits per heavy atom. The number of nitrogens with zero attached hydrogens (tertiary/aromatic N) is 5. The van der Waals surface area contributed by atoms with Crippen LogP contribution in [0.1, 0.15) is 29.7 Å². The van der Waals surface area contributed by atoms with Gasteiger partial charge in [0.1, 0.15) is 11.5 Å². The second-order valence-electron chi connectivity index (χ2n) is 8.62. The predicted molar refractivity (Wildman–Crippen MR) is 124 cm³/mol. The number of aromatic nitrogens is 3. The van der Waals surface area contributed by atoms with Crippen LogP contribution in [0.4, 0.5) is 5.82 Å². The summed E-state index contributed by atoms with van der Waals surface area (Å²) in [6.07, 6.45) is 4.23. The number of rotatable bonds is 5. The fraction of sp³-hybridized carbons (Fsp3) is 0.360. The molecule has 0 aliphatic carbocycles. The summed E-state index contributed by atoms with van der Waals surface area (Å²) in [7, 11) is 0. The molecule has 3 aromatic rings. The number of carbonyl (C=O) groups excluding carboxylic acids is 1. The predicted octanol–water partition coefficient (Wildman–Crippen LogP) is 2.80. The molecule has 0 atom stereocenters. The summed E-state index contributed by atoms with van der Waals surface area (Å²) in [6, 6.07) is 16.4. The van der Waals surface area contributed by atoms with Crippen LogP contribution in [0.25, 0.3) is 11.5 Å². The molecular formula is C25H28N6O. The first-order chi connectivity index (χ1) is 15.7. The number of primary amides is 1. The fourth-order valence-electron chi connectivity index (χ4n) is 4.69. The highest BCUT2D eigenvalue weighted by Gasteiger charge is 2.29. The van der Waals surface area contributed by atoms with Crippen LogP contribution in [0.2, 0.25) is 0 Å². The molecule has 0 unspecified atom stereocenters. The standard InChI is InChI=1S/C25H28N6O/c26-23(32)19-9-14-31(15-10-19)25-20-11-13-30(16-18-6-2-1-3-7-18)17-22(20)28-24(29-25)21-8-4-5-12-27-21/h1-8,12,19H,9-11,13-17H2,(H2,26,32). The third-order valence-corrected chi connectivity index (χ3v) is 6.46. The molecule has 7 heteroatoms. The van der Waals surface area contributed by atoms with Gasteiger partial charge in [0.2, 0.25) is 5.91 Å². The van der Waals surface area contributed by atoms with Crippen molar-refractivity contribution >= 4 is 11.7 Å². The number of hydrogen-bond donors (Lipinski definition) is 1. The number of piperidine rings is 1. The molecule has 2 aliphatic rings. The zero-order valence-corrected chi connectivity index (χ0v) is 18.2. The zero-order chi connectivity index (χ0) is 21.9. The van der Waals surface area contributed by atoms with Gasteiger partial charge in [0.05, 0.1) is 5.69 Å². The maximum Gasteiger partial charge on any atom is 0.220 e. The molecular weight excluding hydrogens is 400 g/mol. The Morgan fingerprint density at radius 1 is 1.00 bits per heavy atom. The lowest BCUT2D eigenvalue weighted by molar-refractivity contribution is -0.122. The molecule has 1 amide bonds. The Bertz CT molecular complexity index is 1080. The van der Waals surface area contributed by atoms with Crippen LogP contribution in [0, 0.1) is 5.92 Å². The smallest absolute Gasteiger partial charge is 0.220 e. The van der Waals surface area contributed by atoms with E-state index in [1.54, 1.807) is 6.20 Å². The lowest BCUT2D eigenvalue weighted by Gasteiger charge is -2.35. The lowest BCUT2D eigenvalue weighted by atomic mass is 9.95. The van der Waals surface area contributed by atoms with Gasteiger partial charge in [-0.1, -0.05) is 36.4 Å². The highest BCUT2D eigenvalue weighted by Crippen LogP contribution is 2.32. The summed E-state index contributed by atoms with van der Waals surface area (Å²) >= 11 is 0. The van der Waals surface area contributed by atoms with Crippen molar-refractivity contribution in [3.8, 4) is 11.5 Å². The quantitative estimate of drug-likeness (QED) is 0.672. The molecule has 1 fully saturated rings. The number of nitrogens with two attached hydrogens (primary N) is 1. The molecule has 1 aromatic carbocycles. The van der Waals surface area contributed by atoms with Crippen molar-refractivity contribution in [3.63, 3.8) is 0 Å². The largest absolute Gasteiger partial charge is 0.369 e. The molecule has 1 saturated heterocycles. The topological polar surface area (TPSA) is 88.2 Å². The van der Waals surface area contributed by atoms with E-state index >= 15 is 0 Å². The Balaban J connectivity index is 1.46. The van der Waals surface area contributed by atoms with Crippen LogP contribution < -0.4 is 10.6 Å². The monoisotopic (exact) mass is 428 g/mol. The number of amides is 1. The van der Waals surface area contributed by atoms with E-state index in [0.29, 0.717) is 5.82 Å². The molecule has 2 N–H and O–H groups in total. The second kappa shape index (κ2) is 9.04. The Morgan fingerprint density at radius 2 is 1.78 bits per heavy atom. The molecule has 4 heterocycles. The maximum atomic E-state index is 11.6. The lowest BCUT2D eigenvalue weighted by Crippen LogP contribution is -2.40. The molecule has 0 bridgehead atoms. The first kappa shape index (κ1) is 20.6. The molecule has 164 valence electrons. The average Bonchev–Trinajstić information content (AvgIpc) is 2.84. The number of fused-ring (bicyclic) bond motifs is 1. The Labute approximate surface area is 188 Å². The SMILES string of the molecule is NC(=O)C1CCN(c2nc(-c3ccccn3)nc3c2CCN(Cc2ccccc2)C3)CC1. The summed E-state index contributed by atoms with van der Waals surface area (Å²) in [6.45, 7) is 4.23. The number of benzene rings is 1.